The minimum atomic E-state index is 0.590. The molecule has 55 heavy (non-hydrogen) atoms. The molecule has 0 spiro atoms. The van der Waals surface area contributed by atoms with E-state index in [2.05, 4.69) is 143 Å². The topological polar surface area (TPSA) is 47.3 Å². The Morgan fingerprint density at radius 3 is 1.98 bits per heavy atom. The largest absolute Gasteiger partial charge is 0.454 e. The smallest absolute Gasteiger partial charge is 0.227 e. The molecular weight excluding hydrogens is 695 g/mol. The van der Waals surface area contributed by atoms with Crippen LogP contribution in [0, 0.1) is 0 Å². The van der Waals surface area contributed by atoms with Crippen LogP contribution in [-0.4, -0.2) is 9.55 Å². The molecule has 4 aromatic heterocycles. The number of hydrogen-bond acceptors (Lipinski definition) is 5. The van der Waals surface area contributed by atoms with Crippen molar-refractivity contribution in [2.24, 2.45) is 0 Å². The fourth-order valence-corrected chi connectivity index (χ4v) is 9.63. The summed E-state index contributed by atoms with van der Waals surface area (Å²) >= 11 is 1.83. The molecule has 258 valence electrons. The van der Waals surface area contributed by atoms with Gasteiger partial charge in [-0.1, -0.05) is 97.1 Å². The molecule has 4 heterocycles. The van der Waals surface area contributed by atoms with Crippen LogP contribution in [-0.2, 0) is 0 Å². The summed E-state index contributed by atoms with van der Waals surface area (Å²) in [6.45, 7) is 0. The van der Waals surface area contributed by atoms with E-state index in [4.69, 9.17) is 13.8 Å². The molecule has 0 saturated carbocycles. The third kappa shape index (κ3) is 4.43. The zero-order valence-electron chi connectivity index (χ0n) is 29.3. The second-order valence-corrected chi connectivity index (χ2v) is 15.0. The van der Waals surface area contributed by atoms with E-state index in [0.717, 1.165) is 77.8 Å². The van der Waals surface area contributed by atoms with Gasteiger partial charge in [0.2, 0.25) is 5.89 Å². The lowest BCUT2D eigenvalue weighted by molar-refractivity contribution is 0.622. The van der Waals surface area contributed by atoms with E-state index >= 15 is 0 Å². The Bertz CT molecular complexity index is 3450. The van der Waals surface area contributed by atoms with E-state index in [9.17, 15) is 0 Å². The van der Waals surface area contributed by atoms with Crippen molar-refractivity contribution in [2.45, 2.75) is 0 Å². The van der Waals surface area contributed by atoms with Crippen LogP contribution in [0.3, 0.4) is 0 Å². The summed E-state index contributed by atoms with van der Waals surface area (Å²) < 4.78 is 18.4. The molecule has 0 unspecified atom stereocenters. The van der Waals surface area contributed by atoms with Gasteiger partial charge in [-0.15, -0.1) is 11.3 Å². The maximum Gasteiger partial charge on any atom is 0.227 e. The molecule has 8 aromatic carbocycles. The monoisotopic (exact) mass is 723 g/mol. The number of nitrogens with zero attached hydrogens (tertiary/aromatic N) is 3. The molecule has 0 aliphatic heterocycles. The number of hydrogen-bond donors (Lipinski definition) is 0. The van der Waals surface area contributed by atoms with Crippen LogP contribution in [0.25, 0.3) is 92.2 Å². The second-order valence-electron chi connectivity index (χ2n) is 13.9. The first-order chi connectivity index (χ1) is 27.3. The average molecular weight is 724 g/mol. The lowest BCUT2D eigenvalue weighted by Gasteiger charge is -2.27. The van der Waals surface area contributed by atoms with Gasteiger partial charge in [0.25, 0.3) is 0 Å². The maximum absolute atomic E-state index is 6.95. The van der Waals surface area contributed by atoms with Gasteiger partial charge in [0.15, 0.2) is 11.2 Å². The van der Waals surface area contributed by atoms with Gasteiger partial charge in [-0.05, 0) is 78.9 Å². The predicted octanol–water partition coefficient (Wildman–Crippen LogP) is 14.3. The van der Waals surface area contributed by atoms with Crippen LogP contribution in [0.1, 0.15) is 0 Å². The fourth-order valence-electron chi connectivity index (χ4n) is 8.51. The summed E-state index contributed by atoms with van der Waals surface area (Å²) in [4.78, 5) is 7.32. The molecular formula is C49H29N3O2S. The van der Waals surface area contributed by atoms with E-state index in [1.807, 2.05) is 53.8 Å². The lowest BCUT2D eigenvalue weighted by Crippen LogP contribution is -2.11. The van der Waals surface area contributed by atoms with Gasteiger partial charge in [-0.2, -0.15) is 0 Å². The van der Waals surface area contributed by atoms with Crippen molar-refractivity contribution in [3.05, 3.63) is 176 Å². The number of furan rings is 1. The second kappa shape index (κ2) is 11.7. The molecule has 0 aliphatic rings. The van der Waals surface area contributed by atoms with Crippen molar-refractivity contribution in [2.75, 3.05) is 4.90 Å². The average Bonchev–Trinajstić information content (AvgIpc) is 4.02. The van der Waals surface area contributed by atoms with Gasteiger partial charge in [0, 0.05) is 47.6 Å². The van der Waals surface area contributed by atoms with Crippen LogP contribution in [0.4, 0.5) is 17.1 Å². The minimum absolute atomic E-state index is 0.590. The van der Waals surface area contributed by atoms with Crippen LogP contribution >= 0.6 is 11.3 Å². The van der Waals surface area contributed by atoms with Gasteiger partial charge in [-0.3, -0.25) is 0 Å². The highest BCUT2D eigenvalue weighted by Crippen LogP contribution is 2.51. The summed E-state index contributed by atoms with van der Waals surface area (Å²) in [5.41, 5.74) is 10.5. The van der Waals surface area contributed by atoms with Crippen molar-refractivity contribution in [1.29, 1.82) is 0 Å². The van der Waals surface area contributed by atoms with Crippen molar-refractivity contribution in [1.82, 2.24) is 9.55 Å². The van der Waals surface area contributed by atoms with E-state index in [1.165, 1.54) is 25.6 Å². The van der Waals surface area contributed by atoms with E-state index < -0.39 is 0 Å². The molecule has 0 amide bonds. The van der Waals surface area contributed by atoms with Crippen LogP contribution < -0.4 is 4.90 Å². The molecule has 0 bridgehead atoms. The fraction of sp³-hybridized carbons (Fsp3) is 0. The zero-order valence-corrected chi connectivity index (χ0v) is 30.1. The molecule has 12 aromatic rings. The van der Waals surface area contributed by atoms with Crippen LogP contribution in [0.15, 0.2) is 185 Å². The highest BCUT2D eigenvalue weighted by molar-refractivity contribution is 7.26. The number of anilines is 3. The van der Waals surface area contributed by atoms with Crippen molar-refractivity contribution in [3.63, 3.8) is 0 Å². The van der Waals surface area contributed by atoms with Crippen molar-refractivity contribution >= 4 is 103 Å². The van der Waals surface area contributed by atoms with Crippen LogP contribution in [0.5, 0.6) is 0 Å². The summed E-state index contributed by atoms with van der Waals surface area (Å²) in [5.74, 6) is 0.590. The third-order valence-corrected chi connectivity index (χ3v) is 11.9. The van der Waals surface area contributed by atoms with E-state index in [1.54, 1.807) is 0 Å². The first kappa shape index (κ1) is 30.3. The molecule has 0 aliphatic carbocycles. The lowest BCUT2D eigenvalue weighted by atomic mass is 10.0. The quantitative estimate of drug-likeness (QED) is 0.177. The Morgan fingerprint density at radius 1 is 0.455 bits per heavy atom. The van der Waals surface area contributed by atoms with Gasteiger partial charge < -0.3 is 18.3 Å². The molecule has 12 rings (SSSR count). The summed E-state index contributed by atoms with van der Waals surface area (Å²) in [6.07, 6.45) is 0. The van der Waals surface area contributed by atoms with Gasteiger partial charge in [0.05, 0.1) is 33.5 Å². The minimum Gasteiger partial charge on any atom is -0.454 e. The van der Waals surface area contributed by atoms with Crippen molar-refractivity contribution in [3.8, 4) is 17.1 Å². The van der Waals surface area contributed by atoms with Crippen molar-refractivity contribution < 1.29 is 8.83 Å². The first-order valence-corrected chi connectivity index (χ1v) is 19.2. The summed E-state index contributed by atoms with van der Waals surface area (Å²) in [5, 5.41) is 6.68. The van der Waals surface area contributed by atoms with Gasteiger partial charge >= 0.3 is 0 Å². The Balaban J connectivity index is 1.20. The third-order valence-electron chi connectivity index (χ3n) is 10.8. The molecule has 6 heteroatoms. The van der Waals surface area contributed by atoms with Gasteiger partial charge in [-0.25, -0.2) is 4.98 Å². The molecule has 0 radical (unpaired) electrons. The Labute approximate surface area is 318 Å². The predicted molar refractivity (Wildman–Crippen MR) is 229 cm³/mol. The Kier molecular flexibility index (Phi) is 6.44. The molecule has 5 nitrogen and oxygen atoms in total. The Morgan fingerprint density at radius 2 is 1.11 bits per heavy atom. The standard InChI is InChI=1S/C49H29N3O2S/c1-3-14-30(15-4-1)49-50-35-28-29-41-46(48(35)54-49)34-20-11-25-40(47(34)53-41)52(39-24-13-27-43-45(39)33-19-8-10-26-42(33)55-43)38-23-12-22-37-44(38)32-18-7-9-21-36(32)51(37)31-16-5-2-6-17-31/h1-29H. The number of fused-ring (bicyclic) bond motifs is 11. The molecule has 0 saturated heterocycles. The number of benzene rings is 8. The number of thiophene rings is 1. The van der Waals surface area contributed by atoms with E-state index in [0.29, 0.717) is 5.89 Å². The molecule has 0 atom stereocenters. The summed E-state index contributed by atoms with van der Waals surface area (Å²) in [7, 11) is 0. The molecule has 0 N–H and O–H groups in total. The van der Waals surface area contributed by atoms with Gasteiger partial charge in [0.1, 0.15) is 11.1 Å². The molecule has 0 fully saturated rings. The first-order valence-electron chi connectivity index (χ1n) is 18.4. The number of oxazole rings is 1. The van der Waals surface area contributed by atoms with Crippen LogP contribution in [0.2, 0.25) is 0 Å². The van der Waals surface area contributed by atoms with E-state index in [-0.39, 0.29) is 0 Å². The SMILES string of the molecule is c1ccc(-c2nc3ccc4oc5c(N(c6cccc7sc8ccccc8c67)c6cccc7c6c6ccccc6n7-c6ccccc6)cccc5c4c3o2)cc1. The Hall–Kier alpha value is -7.15. The number of aromatic nitrogens is 2. The summed E-state index contributed by atoms with van der Waals surface area (Å²) in [6, 6.07) is 61.9. The highest BCUT2D eigenvalue weighted by atomic mass is 32.1. The maximum atomic E-state index is 6.95. The number of rotatable bonds is 5. The normalized spacial score (nSPS) is 12.0. The number of para-hydroxylation sites is 3. The highest BCUT2D eigenvalue weighted by Gasteiger charge is 2.27. The zero-order chi connectivity index (χ0) is 36.0.